The fraction of sp³-hybridized carbons (Fsp3) is 0.538. The maximum Gasteiger partial charge on any atom is 0.341 e. The van der Waals surface area contributed by atoms with E-state index in [2.05, 4.69) is 15.4 Å². The number of hydrogen-bond donors (Lipinski definition) is 2. The van der Waals surface area contributed by atoms with Crippen LogP contribution >= 0.6 is 0 Å². The first-order valence-electron chi connectivity index (χ1n) is 6.30. The summed E-state index contributed by atoms with van der Waals surface area (Å²) in [4.78, 5) is 23.2. The van der Waals surface area contributed by atoms with Crippen molar-refractivity contribution in [2.24, 2.45) is 0 Å². The molecule has 2 N–H and O–H groups in total. The summed E-state index contributed by atoms with van der Waals surface area (Å²) in [7, 11) is 1.32. The van der Waals surface area contributed by atoms with Crippen LogP contribution in [0.1, 0.15) is 34.7 Å². The van der Waals surface area contributed by atoms with Crippen molar-refractivity contribution in [3.8, 4) is 0 Å². The molecular weight excluding hydrogens is 248 g/mol. The number of hydrogen-bond acceptors (Lipinski definition) is 5. The van der Waals surface area contributed by atoms with Gasteiger partial charge in [-0.2, -0.15) is 0 Å². The molecule has 104 valence electrons. The van der Waals surface area contributed by atoms with Gasteiger partial charge in [-0.25, -0.2) is 4.79 Å². The molecule has 1 aliphatic heterocycles. The summed E-state index contributed by atoms with van der Waals surface area (Å²) in [6.07, 6.45) is 1.88. The first-order chi connectivity index (χ1) is 9.11. The molecule has 1 unspecified atom stereocenters. The molecule has 2 rings (SSSR count). The largest absolute Gasteiger partial charge is 0.465 e. The van der Waals surface area contributed by atoms with Gasteiger partial charge < -0.3 is 19.8 Å². The Kier molecular flexibility index (Phi) is 4.21. The van der Waals surface area contributed by atoms with Crippen molar-refractivity contribution in [1.82, 2.24) is 10.6 Å². The van der Waals surface area contributed by atoms with Crippen molar-refractivity contribution in [2.45, 2.75) is 32.4 Å². The lowest BCUT2D eigenvalue weighted by Crippen LogP contribution is -2.39. The van der Waals surface area contributed by atoms with Crippen LogP contribution in [0.25, 0.3) is 0 Å². The molecule has 1 amide bonds. The van der Waals surface area contributed by atoms with Crippen LogP contribution in [0.4, 0.5) is 0 Å². The Labute approximate surface area is 111 Å². The SMILES string of the molecule is COC(=O)c1cc(CNC(=O)C2CCCN2)oc1C. The Morgan fingerprint density at radius 2 is 2.37 bits per heavy atom. The predicted octanol–water partition coefficient (Wildman–Crippen LogP) is 0.743. The van der Waals surface area contributed by atoms with Gasteiger partial charge in [0, 0.05) is 0 Å². The van der Waals surface area contributed by atoms with Gasteiger partial charge in [-0.05, 0) is 32.4 Å². The molecule has 2 heterocycles. The van der Waals surface area contributed by atoms with Crippen LogP contribution < -0.4 is 10.6 Å². The summed E-state index contributed by atoms with van der Waals surface area (Å²) in [5.74, 6) is 0.571. The molecule has 1 aromatic rings. The standard InChI is InChI=1S/C13H18N2O4/c1-8-10(13(17)18-2)6-9(19-8)7-15-12(16)11-4-3-5-14-11/h6,11,14H,3-5,7H2,1-2H3,(H,15,16). The van der Waals surface area contributed by atoms with E-state index in [-0.39, 0.29) is 18.5 Å². The smallest absolute Gasteiger partial charge is 0.341 e. The number of methoxy groups -OCH3 is 1. The van der Waals surface area contributed by atoms with Crippen LogP contribution in [0.3, 0.4) is 0 Å². The Hall–Kier alpha value is -1.82. The zero-order chi connectivity index (χ0) is 13.8. The Morgan fingerprint density at radius 1 is 1.58 bits per heavy atom. The molecule has 1 aromatic heterocycles. The molecular formula is C13H18N2O4. The summed E-state index contributed by atoms with van der Waals surface area (Å²) in [6.45, 7) is 2.84. The van der Waals surface area contributed by atoms with Crippen molar-refractivity contribution < 1.29 is 18.7 Å². The van der Waals surface area contributed by atoms with E-state index in [1.807, 2.05) is 0 Å². The van der Waals surface area contributed by atoms with Crippen molar-refractivity contribution >= 4 is 11.9 Å². The molecule has 1 saturated heterocycles. The van der Waals surface area contributed by atoms with Crippen molar-refractivity contribution in [3.63, 3.8) is 0 Å². The highest BCUT2D eigenvalue weighted by Crippen LogP contribution is 2.15. The van der Waals surface area contributed by atoms with Gasteiger partial charge in [0.25, 0.3) is 0 Å². The molecule has 1 fully saturated rings. The molecule has 0 aromatic carbocycles. The maximum atomic E-state index is 11.8. The third-order valence-electron chi connectivity index (χ3n) is 3.19. The van der Waals surface area contributed by atoms with E-state index in [4.69, 9.17) is 4.42 Å². The maximum absolute atomic E-state index is 11.8. The van der Waals surface area contributed by atoms with E-state index in [0.29, 0.717) is 17.1 Å². The normalized spacial score (nSPS) is 18.3. The van der Waals surface area contributed by atoms with E-state index in [1.165, 1.54) is 7.11 Å². The van der Waals surface area contributed by atoms with Crippen LogP contribution in [-0.2, 0) is 16.1 Å². The Bertz CT molecular complexity index is 475. The van der Waals surface area contributed by atoms with Crippen molar-refractivity contribution in [1.29, 1.82) is 0 Å². The van der Waals surface area contributed by atoms with Crippen LogP contribution in [0.5, 0.6) is 0 Å². The van der Waals surface area contributed by atoms with Crippen molar-refractivity contribution in [2.75, 3.05) is 13.7 Å². The lowest BCUT2D eigenvalue weighted by molar-refractivity contribution is -0.123. The summed E-state index contributed by atoms with van der Waals surface area (Å²) < 4.78 is 10.1. The minimum absolute atomic E-state index is 0.0360. The second-order valence-corrected chi connectivity index (χ2v) is 4.54. The topological polar surface area (TPSA) is 80.6 Å². The first-order valence-corrected chi connectivity index (χ1v) is 6.30. The van der Waals surface area contributed by atoms with Gasteiger partial charge in [0.05, 0.1) is 19.7 Å². The molecule has 0 radical (unpaired) electrons. The van der Waals surface area contributed by atoms with Gasteiger partial charge in [0.15, 0.2) is 0 Å². The Morgan fingerprint density at radius 3 is 3.00 bits per heavy atom. The number of rotatable bonds is 4. The fourth-order valence-electron chi connectivity index (χ4n) is 2.15. The van der Waals surface area contributed by atoms with Gasteiger partial charge in [0.1, 0.15) is 17.1 Å². The highest BCUT2D eigenvalue weighted by molar-refractivity contribution is 5.90. The molecule has 1 atom stereocenters. The minimum atomic E-state index is -0.434. The summed E-state index contributed by atoms with van der Waals surface area (Å²) in [5, 5.41) is 5.91. The van der Waals surface area contributed by atoms with Crippen molar-refractivity contribution in [3.05, 3.63) is 23.2 Å². The minimum Gasteiger partial charge on any atom is -0.465 e. The number of aryl methyl sites for hydroxylation is 1. The van der Waals surface area contributed by atoms with E-state index in [0.717, 1.165) is 19.4 Å². The highest BCUT2D eigenvalue weighted by atomic mass is 16.5. The second kappa shape index (κ2) is 5.88. The number of ether oxygens (including phenoxy) is 1. The lowest BCUT2D eigenvalue weighted by Gasteiger charge is -2.09. The van der Waals surface area contributed by atoms with Gasteiger partial charge in [-0.1, -0.05) is 0 Å². The Balaban J connectivity index is 1.92. The molecule has 19 heavy (non-hydrogen) atoms. The lowest BCUT2D eigenvalue weighted by atomic mass is 10.2. The zero-order valence-electron chi connectivity index (χ0n) is 11.1. The zero-order valence-corrected chi connectivity index (χ0v) is 11.1. The van der Waals surface area contributed by atoms with E-state index in [9.17, 15) is 9.59 Å². The third-order valence-corrected chi connectivity index (χ3v) is 3.19. The quantitative estimate of drug-likeness (QED) is 0.786. The number of amides is 1. The molecule has 0 aliphatic carbocycles. The summed E-state index contributed by atoms with van der Waals surface area (Å²) >= 11 is 0. The molecule has 1 aliphatic rings. The van der Waals surface area contributed by atoms with Crippen LogP contribution in [0.15, 0.2) is 10.5 Å². The fourth-order valence-corrected chi connectivity index (χ4v) is 2.15. The average Bonchev–Trinajstić information content (AvgIpc) is 3.04. The number of carbonyl (C=O) groups excluding carboxylic acids is 2. The molecule has 0 spiro atoms. The molecule has 6 nitrogen and oxygen atoms in total. The predicted molar refractivity (Wildman–Crippen MR) is 67.7 cm³/mol. The molecule has 6 heteroatoms. The average molecular weight is 266 g/mol. The number of furan rings is 1. The first kappa shape index (κ1) is 13.6. The van der Waals surface area contributed by atoms with Gasteiger partial charge in [0.2, 0.25) is 5.91 Å². The summed E-state index contributed by atoms with van der Waals surface area (Å²) in [5.41, 5.74) is 0.394. The molecule has 0 saturated carbocycles. The number of carbonyl (C=O) groups is 2. The number of esters is 1. The van der Waals surface area contributed by atoms with Crippen LogP contribution in [0.2, 0.25) is 0 Å². The second-order valence-electron chi connectivity index (χ2n) is 4.54. The third kappa shape index (κ3) is 3.14. The van der Waals surface area contributed by atoms with E-state index in [1.54, 1.807) is 13.0 Å². The van der Waals surface area contributed by atoms with Gasteiger partial charge >= 0.3 is 5.97 Å². The monoisotopic (exact) mass is 266 g/mol. The van der Waals surface area contributed by atoms with Gasteiger partial charge in [-0.15, -0.1) is 0 Å². The van der Waals surface area contributed by atoms with Crippen LogP contribution in [-0.4, -0.2) is 31.6 Å². The van der Waals surface area contributed by atoms with E-state index < -0.39 is 5.97 Å². The number of nitrogens with one attached hydrogen (secondary N) is 2. The van der Waals surface area contributed by atoms with E-state index >= 15 is 0 Å². The summed E-state index contributed by atoms with van der Waals surface area (Å²) in [6, 6.07) is 1.49. The highest BCUT2D eigenvalue weighted by Gasteiger charge is 2.22. The van der Waals surface area contributed by atoms with Crippen LogP contribution in [0, 0.1) is 6.92 Å². The van der Waals surface area contributed by atoms with Gasteiger partial charge in [-0.3, -0.25) is 4.79 Å². The molecule has 0 bridgehead atoms.